The van der Waals surface area contributed by atoms with Crippen LogP contribution >= 0.6 is 23.2 Å². The van der Waals surface area contributed by atoms with Crippen LogP contribution in [-0.4, -0.2) is 59.5 Å². The average molecular weight is 523 g/mol. The Hall–Kier alpha value is -2.81. The average Bonchev–Trinajstić information content (AvgIpc) is 3.14. The normalized spacial score (nSPS) is 14.5. The van der Waals surface area contributed by atoms with Gasteiger partial charge < -0.3 is 14.6 Å². The number of hydrogen-bond donors (Lipinski definition) is 1. The Bertz CT molecular complexity index is 1080. The molecule has 0 aromatic heterocycles. The Labute approximate surface area is 214 Å². The molecule has 3 rings (SSSR count). The van der Waals surface area contributed by atoms with Crippen LogP contribution in [0.15, 0.2) is 36.4 Å². The molecule has 188 valence electrons. The summed E-state index contributed by atoms with van der Waals surface area (Å²) in [7, 11) is 1.51. The largest absolute Gasteiger partial charge is 0.493 e. The molecule has 8 nitrogen and oxygen atoms in total. The standard InChI is InChI=1S/C25H28Cl2N2O6/c1-3-10-28(24(25(32)33)17-5-6-18(26)19(27)14-17)15-16-4-7-20(21(13-16)34-2)35-12-11-29-22(30)8-9-23(29)31/h4-7,13-14,24H,3,8-12,15H2,1-2H3,(H,32,33)/t24-/m0/s1. The van der Waals surface area contributed by atoms with Crippen LogP contribution in [0.5, 0.6) is 11.5 Å². The van der Waals surface area contributed by atoms with Gasteiger partial charge in [-0.2, -0.15) is 0 Å². The molecule has 1 heterocycles. The second kappa shape index (κ2) is 12.2. The van der Waals surface area contributed by atoms with Crippen LogP contribution in [0, 0.1) is 0 Å². The van der Waals surface area contributed by atoms with Crippen molar-refractivity contribution in [3.63, 3.8) is 0 Å². The molecule has 1 atom stereocenters. The number of likely N-dealkylation sites (tertiary alicyclic amines) is 1. The third kappa shape index (κ3) is 6.66. The summed E-state index contributed by atoms with van der Waals surface area (Å²) in [5, 5.41) is 10.7. The Kier molecular flexibility index (Phi) is 9.37. The lowest BCUT2D eigenvalue weighted by atomic mass is 10.0. The first-order valence-corrected chi connectivity index (χ1v) is 12.1. The van der Waals surface area contributed by atoms with Gasteiger partial charge in [-0.3, -0.25) is 24.2 Å². The number of carbonyl (C=O) groups is 3. The van der Waals surface area contributed by atoms with E-state index in [4.69, 9.17) is 32.7 Å². The molecule has 0 radical (unpaired) electrons. The van der Waals surface area contributed by atoms with Gasteiger partial charge in [0.2, 0.25) is 11.8 Å². The van der Waals surface area contributed by atoms with Gasteiger partial charge in [-0.1, -0.05) is 42.3 Å². The molecule has 2 amide bonds. The van der Waals surface area contributed by atoms with Crippen molar-refractivity contribution in [2.75, 3.05) is 26.8 Å². The van der Waals surface area contributed by atoms with E-state index < -0.39 is 12.0 Å². The molecule has 0 spiro atoms. The van der Waals surface area contributed by atoms with Gasteiger partial charge in [0, 0.05) is 19.4 Å². The maximum absolute atomic E-state index is 12.2. The van der Waals surface area contributed by atoms with E-state index in [1.54, 1.807) is 30.3 Å². The molecule has 10 heteroatoms. The molecule has 2 aromatic rings. The van der Waals surface area contributed by atoms with Gasteiger partial charge in [0.15, 0.2) is 11.5 Å². The summed E-state index contributed by atoms with van der Waals surface area (Å²) in [6.45, 7) is 3.19. The van der Waals surface area contributed by atoms with Crippen LogP contribution < -0.4 is 9.47 Å². The fourth-order valence-corrected chi connectivity index (χ4v) is 4.37. The Balaban J connectivity index is 1.75. The third-order valence-corrected chi connectivity index (χ3v) is 6.45. The second-order valence-electron chi connectivity index (χ2n) is 8.16. The zero-order chi connectivity index (χ0) is 25.5. The summed E-state index contributed by atoms with van der Waals surface area (Å²) in [6.07, 6.45) is 1.23. The minimum Gasteiger partial charge on any atom is -0.493 e. The van der Waals surface area contributed by atoms with Crippen LogP contribution in [0.25, 0.3) is 0 Å². The number of nitrogens with zero attached hydrogens (tertiary/aromatic N) is 2. The summed E-state index contributed by atoms with van der Waals surface area (Å²) in [5.74, 6) is -0.426. The van der Waals surface area contributed by atoms with Gasteiger partial charge >= 0.3 is 5.97 Å². The van der Waals surface area contributed by atoms with Crippen molar-refractivity contribution in [3.05, 3.63) is 57.6 Å². The van der Waals surface area contributed by atoms with Crippen molar-refractivity contribution in [1.29, 1.82) is 0 Å². The van der Waals surface area contributed by atoms with E-state index in [1.165, 1.54) is 12.0 Å². The Morgan fingerprint density at radius 2 is 1.80 bits per heavy atom. The number of imide groups is 1. The molecular weight excluding hydrogens is 495 g/mol. The lowest BCUT2D eigenvalue weighted by molar-refractivity contribution is -0.144. The van der Waals surface area contributed by atoms with E-state index in [2.05, 4.69) is 0 Å². The van der Waals surface area contributed by atoms with Gasteiger partial charge in [-0.25, -0.2) is 0 Å². The quantitative estimate of drug-likeness (QED) is 0.408. The number of amides is 2. The number of methoxy groups -OCH3 is 1. The number of aliphatic carboxylic acids is 1. The van der Waals surface area contributed by atoms with Crippen molar-refractivity contribution < 1.29 is 29.0 Å². The van der Waals surface area contributed by atoms with E-state index in [1.807, 2.05) is 17.9 Å². The Morgan fingerprint density at radius 1 is 1.09 bits per heavy atom. The monoisotopic (exact) mass is 522 g/mol. The predicted molar refractivity (Wildman–Crippen MR) is 132 cm³/mol. The molecule has 1 N–H and O–H groups in total. The molecule has 0 bridgehead atoms. The van der Waals surface area contributed by atoms with Gasteiger partial charge in [-0.05, 0) is 48.4 Å². The highest BCUT2D eigenvalue weighted by atomic mass is 35.5. The molecule has 0 aliphatic carbocycles. The summed E-state index contributed by atoms with van der Waals surface area (Å²) in [4.78, 5) is 38.8. The highest BCUT2D eigenvalue weighted by Crippen LogP contribution is 2.32. The Morgan fingerprint density at radius 3 is 2.40 bits per heavy atom. The smallest absolute Gasteiger partial charge is 0.325 e. The minimum absolute atomic E-state index is 0.146. The van der Waals surface area contributed by atoms with E-state index in [0.717, 1.165) is 12.0 Å². The van der Waals surface area contributed by atoms with Crippen LogP contribution in [0.3, 0.4) is 0 Å². The summed E-state index contributed by atoms with van der Waals surface area (Å²) in [5.41, 5.74) is 1.37. The highest BCUT2D eigenvalue weighted by Gasteiger charge is 2.29. The summed E-state index contributed by atoms with van der Waals surface area (Å²) >= 11 is 12.2. The maximum atomic E-state index is 12.2. The number of carbonyl (C=O) groups excluding carboxylic acids is 2. The van der Waals surface area contributed by atoms with Crippen LogP contribution in [0.2, 0.25) is 10.0 Å². The number of ether oxygens (including phenoxy) is 2. The van der Waals surface area contributed by atoms with Crippen LogP contribution in [0.1, 0.15) is 43.4 Å². The molecule has 35 heavy (non-hydrogen) atoms. The highest BCUT2D eigenvalue weighted by molar-refractivity contribution is 6.42. The number of benzene rings is 2. The fraction of sp³-hybridized carbons (Fsp3) is 0.400. The van der Waals surface area contributed by atoms with Crippen molar-refractivity contribution in [2.24, 2.45) is 0 Å². The summed E-state index contributed by atoms with van der Waals surface area (Å²) < 4.78 is 11.2. The maximum Gasteiger partial charge on any atom is 0.325 e. The van der Waals surface area contributed by atoms with Crippen molar-refractivity contribution in [3.8, 4) is 11.5 Å². The van der Waals surface area contributed by atoms with Crippen LogP contribution in [0.4, 0.5) is 0 Å². The first-order chi connectivity index (χ1) is 16.7. The van der Waals surface area contributed by atoms with E-state index >= 15 is 0 Å². The van der Waals surface area contributed by atoms with E-state index in [9.17, 15) is 19.5 Å². The number of carboxylic acids is 1. The molecule has 1 aliphatic heterocycles. The first-order valence-electron chi connectivity index (χ1n) is 11.3. The van der Waals surface area contributed by atoms with Crippen molar-refractivity contribution in [2.45, 2.75) is 38.8 Å². The molecular formula is C25H28Cl2N2O6. The van der Waals surface area contributed by atoms with Crippen molar-refractivity contribution >= 4 is 41.0 Å². The van der Waals surface area contributed by atoms with Gasteiger partial charge in [0.1, 0.15) is 12.6 Å². The lowest BCUT2D eigenvalue weighted by Gasteiger charge is -2.29. The fourth-order valence-electron chi connectivity index (χ4n) is 4.06. The molecule has 0 unspecified atom stereocenters. The predicted octanol–water partition coefficient (Wildman–Crippen LogP) is 4.57. The van der Waals surface area contributed by atoms with E-state index in [0.29, 0.717) is 40.2 Å². The van der Waals surface area contributed by atoms with E-state index in [-0.39, 0.29) is 37.8 Å². The number of hydrogen-bond acceptors (Lipinski definition) is 6. The third-order valence-electron chi connectivity index (χ3n) is 5.71. The molecule has 0 saturated carbocycles. The summed E-state index contributed by atoms with van der Waals surface area (Å²) in [6, 6.07) is 9.29. The van der Waals surface area contributed by atoms with Crippen LogP contribution in [-0.2, 0) is 20.9 Å². The van der Waals surface area contributed by atoms with Gasteiger partial charge in [0.25, 0.3) is 0 Å². The second-order valence-corrected chi connectivity index (χ2v) is 8.97. The number of carboxylic acid groups (broad SMARTS) is 1. The first kappa shape index (κ1) is 26.8. The zero-order valence-electron chi connectivity index (χ0n) is 19.6. The zero-order valence-corrected chi connectivity index (χ0v) is 21.1. The SMILES string of the molecule is CCCN(Cc1ccc(OCCN2C(=O)CCC2=O)c(OC)c1)[C@H](C(=O)O)c1ccc(Cl)c(Cl)c1. The van der Waals surface area contributed by atoms with Gasteiger partial charge in [0.05, 0.1) is 23.7 Å². The molecule has 1 aliphatic rings. The molecule has 1 saturated heterocycles. The molecule has 1 fully saturated rings. The number of rotatable bonds is 12. The topological polar surface area (TPSA) is 96.4 Å². The number of halogens is 2. The minimum atomic E-state index is -0.991. The van der Waals surface area contributed by atoms with Crippen molar-refractivity contribution in [1.82, 2.24) is 9.80 Å². The molecule has 2 aromatic carbocycles. The van der Waals surface area contributed by atoms with Gasteiger partial charge in [-0.15, -0.1) is 0 Å². The lowest BCUT2D eigenvalue weighted by Crippen LogP contribution is -2.34.